The van der Waals surface area contributed by atoms with Crippen LogP contribution in [0.3, 0.4) is 0 Å². The molecule has 0 bridgehead atoms. The van der Waals surface area contributed by atoms with Crippen LogP contribution in [0.2, 0.25) is 0 Å². The van der Waals surface area contributed by atoms with Crippen LogP contribution < -0.4 is 5.32 Å². The average molecular weight is 351 g/mol. The van der Waals surface area contributed by atoms with Gasteiger partial charge in [0.25, 0.3) is 0 Å². The van der Waals surface area contributed by atoms with Crippen LogP contribution in [0.5, 0.6) is 0 Å². The van der Waals surface area contributed by atoms with Crippen molar-refractivity contribution in [3.05, 3.63) is 34.6 Å². The van der Waals surface area contributed by atoms with Gasteiger partial charge < -0.3 is 9.73 Å². The fourth-order valence-corrected chi connectivity index (χ4v) is 3.15. The summed E-state index contributed by atoms with van der Waals surface area (Å²) in [5, 5.41) is 11.8. The number of benzene rings is 1. The van der Waals surface area contributed by atoms with E-state index < -0.39 is 0 Å². The van der Waals surface area contributed by atoms with Crippen molar-refractivity contribution in [2.75, 3.05) is 13.1 Å². The molecule has 0 aliphatic carbocycles. The molecule has 0 spiro atoms. The Kier molecular flexibility index (Phi) is 4.37. The number of rotatable bonds is 3. The summed E-state index contributed by atoms with van der Waals surface area (Å²) in [5.74, 6) is 1.23. The van der Waals surface area contributed by atoms with Crippen LogP contribution in [-0.4, -0.2) is 40.3 Å². The fourth-order valence-electron chi connectivity index (χ4n) is 2.70. The number of nitrogens with one attached hydrogen (secondary N) is 1. The molecule has 1 aromatic heterocycles. The van der Waals surface area contributed by atoms with Crippen molar-refractivity contribution in [2.24, 2.45) is 0 Å². The number of hydrogen-bond acceptors (Lipinski definition) is 5. The van der Waals surface area contributed by atoms with Crippen molar-refractivity contribution in [3.63, 3.8) is 0 Å². The molecule has 1 fully saturated rings. The molecule has 5 nitrogen and oxygen atoms in total. The summed E-state index contributed by atoms with van der Waals surface area (Å²) in [6, 6.07) is 8.80. The first-order valence-corrected chi connectivity index (χ1v) is 7.98. The Hall–Kier alpha value is -1.24. The van der Waals surface area contributed by atoms with E-state index in [-0.39, 0.29) is 0 Å². The first-order chi connectivity index (χ1) is 10.1. The quantitative estimate of drug-likeness (QED) is 0.922. The van der Waals surface area contributed by atoms with Gasteiger partial charge in [0, 0.05) is 29.6 Å². The molecule has 2 heterocycles. The summed E-state index contributed by atoms with van der Waals surface area (Å²) >= 11 is 3.51. The summed E-state index contributed by atoms with van der Waals surface area (Å²) in [6.07, 6.45) is 0. The standard InChI is InChI=1S/C15H19BrN4O/c1-10-7-17-8-11(2)20(10)9-14-18-19-15(21-14)12-5-3-4-6-13(12)16/h3-6,10-11,17H,7-9H2,1-2H3. The summed E-state index contributed by atoms with van der Waals surface area (Å²) < 4.78 is 6.80. The highest BCUT2D eigenvalue weighted by Crippen LogP contribution is 2.27. The minimum Gasteiger partial charge on any atom is -0.419 e. The van der Waals surface area contributed by atoms with Crippen molar-refractivity contribution >= 4 is 15.9 Å². The topological polar surface area (TPSA) is 54.2 Å². The maximum absolute atomic E-state index is 5.84. The smallest absolute Gasteiger partial charge is 0.248 e. The third-order valence-corrected chi connectivity index (χ3v) is 4.59. The highest BCUT2D eigenvalue weighted by Gasteiger charge is 2.26. The number of aromatic nitrogens is 2. The van der Waals surface area contributed by atoms with Crippen LogP contribution in [0.4, 0.5) is 0 Å². The lowest BCUT2D eigenvalue weighted by molar-refractivity contribution is 0.0979. The van der Waals surface area contributed by atoms with Crippen LogP contribution in [0.1, 0.15) is 19.7 Å². The highest BCUT2D eigenvalue weighted by atomic mass is 79.9. The van der Waals surface area contributed by atoms with Crippen molar-refractivity contribution in [2.45, 2.75) is 32.5 Å². The van der Waals surface area contributed by atoms with Gasteiger partial charge in [-0.25, -0.2) is 0 Å². The van der Waals surface area contributed by atoms with Crippen molar-refractivity contribution in [3.8, 4) is 11.5 Å². The van der Waals surface area contributed by atoms with Gasteiger partial charge in [-0.2, -0.15) is 0 Å². The first kappa shape index (κ1) is 14.7. The molecule has 2 unspecified atom stereocenters. The average Bonchev–Trinajstić information content (AvgIpc) is 2.92. The summed E-state index contributed by atoms with van der Waals surface area (Å²) in [7, 11) is 0. The fraction of sp³-hybridized carbons (Fsp3) is 0.467. The normalized spacial score (nSPS) is 23.4. The Morgan fingerprint density at radius 1 is 1.24 bits per heavy atom. The Morgan fingerprint density at radius 2 is 1.95 bits per heavy atom. The van der Waals surface area contributed by atoms with Gasteiger partial charge in [0.2, 0.25) is 11.8 Å². The molecular formula is C15H19BrN4O. The molecule has 1 saturated heterocycles. The van der Waals surface area contributed by atoms with E-state index in [0.29, 0.717) is 30.4 Å². The molecule has 112 valence electrons. The molecule has 1 aromatic carbocycles. The van der Waals surface area contributed by atoms with E-state index in [1.807, 2.05) is 24.3 Å². The SMILES string of the molecule is CC1CNCC(C)N1Cc1nnc(-c2ccccc2Br)o1. The monoisotopic (exact) mass is 350 g/mol. The van der Waals surface area contributed by atoms with Crippen molar-refractivity contribution in [1.29, 1.82) is 0 Å². The van der Waals surface area contributed by atoms with Gasteiger partial charge in [-0.1, -0.05) is 12.1 Å². The molecule has 0 amide bonds. The summed E-state index contributed by atoms with van der Waals surface area (Å²) in [6.45, 7) is 7.12. The molecule has 3 rings (SSSR count). The molecule has 2 aromatic rings. The van der Waals surface area contributed by atoms with Crippen LogP contribution in [0.15, 0.2) is 33.2 Å². The van der Waals surface area contributed by atoms with Crippen molar-refractivity contribution < 1.29 is 4.42 Å². The molecule has 1 N–H and O–H groups in total. The van der Waals surface area contributed by atoms with Gasteiger partial charge in [-0.05, 0) is 41.9 Å². The van der Waals surface area contributed by atoms with Crippen LogP contribution in [0, 0.1) is 0 Å². The van der Waals surface area contributed by atoms with Gasteiger partial charge in [-0.15, -0.1) is 10.2 Å². The Morgan fingerprint density at radius 3 is 2.67 bits per heavy atom. The second-order valence-electron chi connectivity index (χ2n) is 5.51. The number of hydrogen-bond donors (Lipinski definition) is 1. The number of piperazine rings is 1. The summed E-state index contributed by atoms with van der Waals surface area (Å²) in [4.78, 5) is 2.40. The lowest BCUT2D eigenvalue weighted by Gasteiger charge is -2.38. The molecule has 1 aliphatic rings. The first-order valence-electron chi connectivity index (χ1n) is 7.19. The third kappa shape index (κ3) is 3.17. The summed E-state index contributed by atoms with van der Waals surface area (Å²) in [5.41, 5.74) is 0.928. The van der Waals surface area contributed by atoms with E-state index in [4.69, 9.17) is 4.42 Å². The van der Waals surface area contributed by atoms with Crippen LogP contribution >= 0.6 is 15.9 Å². The molecule has 6 heteroatoms. The molecule has 21 heavy (non-hydrogen) atoms. The molecule has 1 aliphatic heterocycles. The van der Waals surface area contributed by atoms with E-state index in [0.717, 1.165) is 23.1 Å². The lowest BCUT2D eigenvalue weighted by Crippen LogP contribution is -2.54. The Balaban J connectivity index is 1.78. The predicted molar refractivity (Wildman–Crippen MR) is 84.8 cm³/mol. The zero-order valence-electron chi connectivity index (χ0n) is 12.2. The number of nitrogens with zero attached hydrogens (tertiary/aromatic N) is 3. The van der Waals surface area contributed by atoms with E-state index in [2.05, 4.69) is 50.2 Å². The van der Waals surface area contributed by atoms with Crippen molar-refractivity contribution in [1.82, 2.24) is 20.4 Å². The Bertz CT molecular complexity index is 605. The van der Waals surface area contributed by atoms with Gasteiger partial charge in [0.1, 0.15) is 0 Å². The zero-order valence-corrected chi connectivity index (χ0v) is 13.8. The van der Waals surface area contributed by atoms with Gasteiger partial charge in [-0.3, -0.25) is 4.90 Å². The van der Waals surface area contributed by atoms with Gasteiger partial charge >= 0.3 is 0 Å². The maximum Gasteiger partial charge on any atom is 0.248 e. The Labute approximate surface area is 132 Å². The minimum absolute atomic E-state index is 0.465. The van der Waals surface area contributed by atoms with E-state index in [9.17, 15) is 0 Å². The largest absolute Gasteiger partial charge is 0.419 e. The van der Waals surface area contributed by atoms with Crippen LogP contribution in [0.25, 0.3) is 11.5 Å². The lowest BCUT2D eigenvalue weighted by atomic mass is 10.1. The molecule has 0 saturated carbocycles. The van der Waals surface area contributed by atoms with Gasteiger partial charge in [0.05, 0.1) is 12.1 Å². The second-order valence-corrected chi connectivity index (χ2v) is 6.36. The van der Waals surface area contributed by atoms with Gasteiger partial charge in [0.15, 0.2) is 0 Å². The molecule has 0 radical (unpaired) electrons. The molecule has 2 atom stereocenters. The zero-order chi connectivity index (χ0) is 14.8. The third-order valence-electron chi connectivity index (χ3n) is 3.90. The van der Waals surface area contributed by atoms with Crippen LogP contribution in [-0.2, 0) is 6.54 Å². The van der Waals surface area contributed by atoms with E-state index in [1.54, 1.807) is 0 Å². The minimum atomic E-state index is 0.465. The predicted octanol–water partition coefficient (Wildman–Crippen LogP) is 2.68. The highest BCUT2D eigenvalue weighted by molar-refractivity contribution is 9.10. The van der Waals surface area contributed by atoms with E-state index in [1.165, 1.54) is 0 Å². The molecular weight excluding hydrogens is 332 g/mol. The second kappa shape index (κ2) is 6.25. The van der Waals surface area contributed by atoms with E-state index >= 15 is 0 Å². The maximum atomic E-state index is 5.84. The number of halogens is 1.